The smallest absolute Gasteiger partial charge is 0.414 e. The van der Waals surface area contributed by atoms with Crippen molar-refractivity contribution in [2.24, 2.45) is 4.99 Å². The molecule has 1 saturated heterocycles. The molecule has 0 spiro atoms. The lowest BCUT2D eigenvalue weighted by molar-refractivity contribution is -0.283. The zero-order valence-electron chi connectivity index (χ0n) is 18.2. The number of rotatable bonds is 7. The van der Waals surface area contributed by atoms with Gasteiger partial charge in [-0.15, -0.1) is 0 Å². The molecular weight excluding hydrogens is 414 g/mol. The summed E-state index contributed by atoms with van der Waals surface area (Å²) in [6, 6.07) is 18.3. The Hall–Kier alpha value is -2.98. The highest BCUT2D eigenvalue weighted by Crippen LogP contribution is 2.23. The van der Waals surface area contributed by atoms with Gasteiger partial charge in [-0.3, -0.25) is 10.2 Å². The number of guanidine groups is 1. The third kappa shape index (κ3) is 7.61. The van der Waals surface area contributed by atoms with E-state index in [0.717, 1.165) is 11.1 Å². The second-order valence-electron chi connectivity index (χ2n) is 7.66. The van der Waals surface area contributed by atoms with Crippen LogP contribution in [0.1, 0.15) is 25.0 Å². The minimum atomic E-state index is -0.834. The minimum Gasteiger partial charge on any atom is -0.444 e. The quantitative estimate of drug-likeness (QED) is 0.343. The topological polar surface area (TPSA) is 111 Å². The maximum absolute atomic E-state index is 12.3. The van der Waals surface area contributed by atoms with Crippen LogP contribution in [0, 0.1) is 0 Å². The Kier molecular flexibility index (Phi) is 8.57. The number of benzene rings is 2. The summed E-state index contributed by atoms with van der Waals surface area (Å²) in [4.78, 5) is 22.3. The number of aliphatic hydroxyl groups excluding tert-OH is 1. The third-order valence-electron chi connectivity index (χ3n) is 4.62. The van der Waals surface area contributed by atoms with Crippen LogP contribution in [0.3, 0.4) is 0 Å². The van der Waals surface area contributed by atoms with E-state index in [-0.39, 0.29) is 32.4 Å². The summed E-state index contributed by atoms with van der Waals surface area (Å²) in [5, 5.41) is 12.3. The summed E-state index contributed by atoms with van der Waals surface area (Å²) in [6.07, 6.45) is -1.31. The average molecular weight is 444 g/mol. The summed E-state index contributed by atoms with van der Waals surface area (Å²) < 4.78 is 16.6. The van der Waals surface area contributed by atoms with Gasteiger partial charge in [0.25, 0.3) is 0 Å². The zero-order chi connectivity index (χ0) is 22.8. The van der Waals surface area contributed by atoms with Gasteiger partial charge >= 0.3 is 6.09 Å². The molecule has 9 nitrogen and oxygen atoms in total. The van der Waals surface area contributed by atoms with Crippen LogP contribution in [-0.4, -0.2) is 48.3 Å². The number of alkyl carbamates (subject to hydrolysis) is 1. The standard InChI is InChI=1S/C23H29N3O6/c1-23(2)30-16-19(20(13-27)32-23)24-21(26-31-15-18-11-7-4-8-12-18)25-22(28)29-14-17-9-5-3-6-10-17/h3-12,19-20,27H,13-16H2,1-2H3,(H2,24,25,26,28)/t19-,20+/m1/s1. The first-order valence-corrected chi connectivity index (χ1v) is 10.3. The number of carbonyl (C=O) groups is 1. The largest absolute Gasteiger partial charge is 0.444 e. The Bertz CT molecular complexity index is 876. The minimum absolute atomic E-state index is 0.0225. The van der Waals surface area contributed by atoms with Gasteiger partial charge in [0, 0.05) is 0 Å². The van der Waals surface area contributed by atoms with E-state index < -0.39 is 24.0 Å². The number of carbonyl (C=O) groups excluding carboxylic acids is 1. The highest BCUT2D eigenvalue weighted by Gasteiger charge is 2.36. The van der Waals surface area contributed by atoms with Gasteiger partial charge in [0.1, 0.15) is 18.8 Å². The summed E-state index contributed by atoms with van der Waals surface area (Å²) in [5.74, 6) is -0.812. The summed E-state index contributed by atoms with van der Waals surface area (Å²) in [7, 11) is 0. The molecule has 3 N–H and O–H groups in total. The van der Waals surface area contributed by atoms with Crippen molar-refractivity contribution in [2.75, 3.05) is 13.2 Å². The van der Waals surface area contributed by atoms with Crippen molar-refractivity contribution in [3.63, 3.8) is 0 Å². The van der Waals surface area contributed by atoms with Crippen LogP contribution >= 0.6 is 0 Å². The van der Waals surface area contributed by atoms with E-state index in [1.807, 2.05) is 60.7 Å². The second-order valence-corrected chi connectivity index (χ2v) is 7.66. The first-order chi connectivity index (χ1) is 15.4. The van der Waals surface area contributed by atoms with Gasteiger partial charge < -0.3 is 19.3 Å². The molecule has 1 amide bonds. The molecule has 1 aliphatic heterocycles. The van der Waals surface area contributed by atoms with Gasteiger partial charge in [-0.25, -0.2) is 15.3 Å². The molecule has 2 aromatic rings. The molecule has 1 heterocycles. The van der Waals surface area contributed by atoms with E-state index in [1.165, 1.54) is 0 Å². The molecule has 1 aliphatic rings. The third-order valence-corrected chi connectivity index (χ3v) is 4.62. The molecule has 0 radical (unpaired) electrons. The lowest BCUT2D eigenvalue weighted by Gasteiger charge is -2.38. The van der Waals surface area contributed by atoms with Crippen LogP contribution in [0.25, 0.3) is 0 Å². The Morgan fingerprint density at radius 1 is 1.09 bits per heavy atom. The SMILES string of the molecule is CC1(C)OC[C@@H](N=C(NOCc2ccccc2)NC(=O)OCc2ccccc2)[C@H](CO)O1. The van der Waals surface area contributed by atoms with E-state index >= 15 is 0 Å². The van der Waals surface area contributed by atoms with Crippen LogP contribution in [0.4, 0.5) is 4.79 Å². The number of amides is 1. The van der Waals surface area contributed by atoms with Crippen molar-refractivity contribution in [3.8, 4) is 0 Å². The van der Waals surface area contributed by atoms with Gasteiger partial charge in [-0.1, -0.05) is 60.7 Å². The van der Waals surface area contributed by atoms with Crippen LogP contribution in [0.15, 0.2) is 65.7 Å². The van der Waals surface area contributed by atoms with Crippen LogP contribution in [-0.2, 0) is 32.3 Å². The van der Waals surface area contributed by atoms with E-state index in [9.17, 15) is 9.90 Å². The predicted octanol–water partition coefficient (Wildman–Crippen LogP) is 2.50. The normalized spacial score (nSPS) is 20.4. The number of nitrogens with one attached hydrogen (secondary N) is 2. The number of hydrogen-bond acceptors (Lipinski definition) is 7. The molecule has 1 fully saturated rings. The molecule has 0 bridgehead atoms. The predicted molar refractivity (Wildman–Crippen MR) is 117 cm³/mol. The first-order valence-electron chi connectivity index (χ1n) is 10.3. The molecule has 9 heteroatoms. The average Bonchev–Trinajstić information content (AvgIpc) is 2.80. The molecule has 2 atom stereocenters. The molecule has 0 aromatic heterocycles. The molecule has 3 rings (SSSR count). The van der Waals surface area contributed by atoms with Gasteiger partial charge in [-0.2, -0.15) is 0 Å². The van der Waals surface area contributed by atoms with Gasteiger partial charge in [-0.05, 0) is 25.0 Å². The fraction of sp³-hybridized carbons (Fsp3) is 0.391. The fourth-order valence-corrected chi connectivity index (χ4v) is 3.02. The lowest BCUT2D eigenvalue weighted by Crippen LogP contribution is -2.51. The number of nitrogens with zero attached hydrogens (tertiary/aromatic N) is 1. The van der Waals surface area contributed by atoms with Crippen LogP contribution in [0.5, 0.6) is 0 Å². The number of hydroxylamine groups is 1. The van der Waals surface area contributed by atoms with E-state index in [2.05, 4.69) is 15.8 Å². The maximum Gasteiger partial charge on any atom is 0.414 e. The van der Waals surface area contributed by atoms with Crippen molar-refractivity contribution < 1.29 is 28.9 Å². The fourth-order valence-electron chi connectivity index (χ4n) is 3.02. The summed E-state index contributed by atoms with van der Waals surface area (Å²) in [5.41, 5.74) is 4.44. The van der Waals surface area contributed by atoms with Crippen molar-refractivity contribution in [2.45, 2.75) is 45.0 Å². The Morgan fingerprint density at radius 3 is 2.34 bits per heavy atom. The maximum atomic E-state index is 12.3. The van der Waals surface area contributed by atoms with Crippen molar-refractivity contribution >= 4 is 12.1 Å². The van der Waals surface area contributed by atoms with Gasteiger partial charge in [0.15, 0.2) is 5.79 Å². The molecule has 0 aliphatic carbocycles. The Morgan fingerprint density at radius 2 is 1.72 bits per heavy atom. The van der Waals surface area contributed by atoms with Gasteiger partial charge in [0.2, 0.25) is 5.96 Å². The monoisotopic (exact) mass is 443 g/mol. The van der Waals surface area contributed by atoms with Crippen LogP contribution in [0.2, 0.25) is 0 Å². The van der Waals surface area contributed by atoms with Crippen LogP contribution < -0.4 is 10.8 Å². The Labute approximate surface area is 187 Å². The highest BCUT2D eigenvalue weighted by atomic mass is 16.7. The molecule has 0 saturated carbocycles. The van der Waals surface area contributed by atoms with Crippen molar-refractivity contribution in [3.05, 3.63) is 71.8 Å². The summed E-state index contributed by atoms with van der Waals surface area (Å²) in [6.45, 7) is 3.82. The number of hydrogen-bond donors (Lipinski definition) is 3. The number of aliphatic imine (C=N–C) groups is 1. The molecule has 0 unspecified atom stereocenters. The highest BCUT2D eigenvalue weighted by molar-refractivity contribution is 5.93. The molecule has 2 aromatic carbocycles. The molecular formula is C23H29N3O6. The van der Waals surface area contributed by atoms with Crippen molar-refractivity contribution in [1.29, 1.82) is 0 Å². The van der Waals surface area contributed by atoms with E-state index in [1.54, 1.807) is 13.8 Å². The summed E-state index contributed by atoms with van der Waals surface area (Å²) >= 11 is 0. The number of aliphatic hydroxyl groups is 1. The van der Waals surface area contributed by atoms with Gasteiger partial charge in [0.05, 0.1) is 19.8 Å². The van der Waals surface area contributed by atoms with E-state index in [4.69, 9.17) is 19.0 Å². The second kappa shape index (κ2) is 11.6. The Balaban J connectivity index is 1.64. The lowest BCUT2D eigenvalue weighted by atomic mass is 10.1. The zero-order valence-corrected chi connectivity index (χ0v) is 18.2. The number of ether oxygens (including phenoxy) is 3. The van der Waals surface area contributed by atoms with Crippen molar-refractivity contribution in [1.82, 2.24) is 10.8 Å². The molecule has 32 heavy (non-hydrogen) atoms. The van der Waals surface area contributed by atoms with E-state index in [0.29, 0.717) is 0 Å². The molecule has 172 valence electrons. The first kappa shape index (κ1) is 23.7.